The number of halogens is 1. The molecule has 1 fully saturated rings. The van der Waals surface area contributed by atoms with Gasteiger partial charge in [0, 0.05) is 24.7 Å². The van der Waals surface area contributed by atoms with Gasteiger partial charge in [0.15, 0.2) is 0 Å². The number of rotatable bonds is 1. The molecule has 3 heteroatoms. The van der Waals surface area contributed by atoms with Crippen LogP contribution < -0.4 is 10.6 Å². The second-order valence-corrected chi connectivity index (χ2v) is 3.92. The van der Waals surface area contributed by atoms with E-state index in [1.807, 2.05) is 12.1 Å². The summed E-state index contributed by atoms with van der Waals surface area (Å²) < 4.78 is 13.6. The molecule has 1 aliphatic rings. The minimum atomic E-state index is -0.0940. The van der Waals surface area contributed by atoms with Crippen molar-refractivity contribution in [2.45, 2.75) is 18.9 Å². The van der Waals surface area contributed by atoms with Gasteiger partial charge in [-0.15, -0.1) is 0 Å². The molecule has 15 heavy (non-hydrogen) atoms. The predicted molar refractivity (Wildman–Crippen MR) is 59.2 cm³/mol. The lowest BCUT2D eigenvalue weighted by molar-refractivity contribution is 0.424. The van der Waals surface area contributed by atoms with E-state index in [1.165, 1.54) is 6.07 Å². The molecule has 2 N–H and O–H groups in total. The molecule has 1 aromatic carbocycles. The maximum absolute atomic E-state index is 13.6. The Balaban J connectivity index is 2.10. The highest BCUT2D eigenvalue weighted by Crippen LogP contribution is 2.21. The van der Waals surface area contributed by atoms with E-state index < -0.39 is 0 Å². The lowest BCUT2D eigenvalue weighted by atomic mass is 10.0. The number of hydrogen-bond donors (Lipinski definition) is 2. The van der Waals surface area contributed by atoms with Gasteiger partial charge in [-0.05, 0) is 25.5 Å². The van der Waals surface area contributed by atoms with Crippen LogP contribution in [0, 0.1) is 5.82 Å². The first-order chi connectivity index (χ1) is 7.38. The van der Waals surface area contributed by atoms with Crippen molar-refractivity contribution in [1.82, 2.24) is 10.6 Å². The third-order valence-corrected chi connectivity index (χ3v) is 2.82. The number of benzene rings is 1. The van der Waals surface area contributed by atoms with Gasteiger partial charge in [-0.25, -0.2) is 4.39 Å². The molecule has 82 valence electrons. The van der Waals surface area contributed by atoms with Crippen molar-refractivity contribution in [2.24, 2.45) is 0 Å². The summed E-state index contributed by atoms with van der Waals surface area (Å²) in [5.74, 6) is -0.0940. The summed E-state index contributed by atoms with van der Waals surface area (Å²) in [6, 6.07) is 7.23. The molecule has 2 nitrogen and oxygen atoms in total. The van der Waals surface area contributed by atoms with Crippen LogP contribution >= 0.6 is 0 Å². The normalized spacial score (nSPS) is 23.1. The van der Waals surface area contributed by atoms with Gasteiger partial charge in [0.05, 0.1) is 0 Å². The highest BCUT2D eigenvalue weighted by atomic mass is 19.1. The first kappa shape index (κ1) is 10.6. The van der Waals surface area contributed by atoms with Crippen LogP contribution in [0.2, 0.25) is 0 Å². The van der Waals surface area contributed by atoms with Crippen LogP contribution in [0.4, 0.5) is 4.39 Å². The van der Waals surface area contributed by atoms with Crippen LogP contribution in [0.5, 0.6) is 0 Å². The summed E-state index contributed by atoms with van der Waals surface area (Å²) in [4.78, 5) is 0. The van der Waals surface area contributed by atoms with Crippen molar-refractivity contribution in [3.8, 4) is 0 Å². The Morgan fingerprint density at radius 1 is 1.13 bits per heavy atom. The van der Waals surface area contributed by atoms with Crippen molar-refractivity contribution in [3.63, 3.8) is 0 Å². The summed E-state index contributed by atoms with van der Waals surface area (Å²) in [6.45, 7) is 2.90. The van der Waals surface area contributed by atoms with Gasteiger partial charge >= 0.3 is 0 Å². The lowest BCUT2D eigenvalue weighted by Crippen LogP contribution is -2.34. The molecular formula is C12H17FN2. The standard InChI is InChI=1S/C12H17FN2/c13-11-5-2-1-4-10(11)12-6-3-7-14-8-9-15-12/h1-2,4-5,12,14-15H,3,6-9H2. The van der Waals surface area contributed by atoms with Gasteiger partial charge < -0.3 is 10.6 Å². The van der Waals surface area contributed by atoms with E-state index in [9.17, 15) is 4.39 Å². The average Bonchev–Trinajstić information content (AvgIpc) is 2.19. The maximum Gasteiger partial charge on any atom is 0.127 e. The molecule has 1 saturated heterocycles. The summed E-state index contributed by atoms with van der Waals surface area (Å²) in [5, 5.41) is 6.69. The molecule has 0 radical (unpaired) electrons. The monoisotopic (exact) mass is 208 g/mol. The Kier molecular flexibility index (Phi) is 3.69. The smallest absolute Gasteiger partial charge is 0.127 e. The van der Waals surface area contributed by atoms with Crippen LogP contribution in [0.15, 0.2) is 24.3 Å². The predicted octanol–water partition coefficient (Wildman–Crippen LogP) is 1.84. The topological polar surface area (TPSA) is 24.1 Å². The van der Waals surface area contributed by atoms with Gasteiger partial charge in [-0.2, -0.15) is 0 Å². The molecule has 0 saturated carbocycles. The zero-order valence-electron chi connectivity index (χ0n) is 8.80. The van der Waals surface area contributed by atoms with E-state index in [0.29, 0.717) is 0 Å². The minimum absolute atomic E-state index is 0.0940. The van der Waals surface area contributed by atoms with Crippen molar-refractivity contribution >= 4 is 0 Å². The van der Waals surface area contributed by atoms with E-state index in [2.05, 4.69) is 10.6 Å². The van der Waals surface area contributed by atoms with Gasteiger partial charge in [-0.1, -0.05) is 18.2 Å². The highest BCUT2D eigenvalue weighted by molar-refractivity contribution is 5.21. The molecule has 1 unspecified atom stereocenters. The third kappa shape index (κ3) is 2.76. The third-order valence-electron chi connectivity index (χ3n) is 2.82. The Morgan fingerprint density at radius 2 is 2.00 bits per heavy atom. The van der Waals surface area contributed by atoms with Crippen LogP contribution in [-0.2, 0) is 0 Å². The van der Waals surface area contributed by atoms with Crippen LogP contribution in [0.3, 0.4) is 0 Å². The van der Waals surface area contributed by atoms with Crippen molar-refractivity contribution in [2.75, 3.05) is 19.6 Å². The van der Waals surface area contributed by atoms with Gasteiger partial charge in [0.1, 0.15) is 5.82 Å². The molecular weight excluding hydrogens is 191 g/mol. The molecule has 1 heterocycles. The molecule has 1 aromatic rings. The molecule has 0 amide bonds. The van der Waals surface area contributed by atoms with Gasteiger partial charge in [0.2, 0.25) is 0 Å². The first-order valence-electron chi connectivity index (χ1n) is 5.56. The Labute approximate surface area is 89.9 Å². The molecule has 1 atom stereocenters. The molecule has 2 rings (SSSR count). The average molecular weight is 208 g/mol. The van der Waals surface area contributed by atoms with E-state index in [-0.39, 0.29) is 11.9 Å². The molecule has 0 spiro atoms. The van der Waals surface area contributed by atoms with Crippen molar-refractivity contribution < 1.29 is 4.39 Å². The van der Waals surface area contributed by atoms with Crippen molar-refractivity contribution in [1.29, 1.82) is 0 Å². The zero-order chi connectivity index (χ0) is 10.5. The van der Waals surface area contributed by atoms with Crippen LogP contribution in [0.1, 0.15) is 24.4 Å². The van der Waals surface area contributed by atoms with Gasteiger partial charge in [0.25, 0.3) is 0 Å². The largest absolute Gasteiger partial charge is 0.315 e. The zero-order valence-corrected chi connectivity index (χ0v) is 8.80. The number of hydrogen-bond acceptors (Lipinski definition) is 2. The summed E-state index contributed by atoms with van der Waals surface area (Å²) in [5.41, 5.74) is 0.805. The lowest BCUT2D eigenvalue weighted by Gasteiger charge is -2.22. The molecule has 1 aliphatic heterocycles. The van der Waals surface area contributed by atoms with Gasteiger partial charge in [-0.3, -0.25) is 0 Å². The Morgan fingerprint density at radius 3 is 2.87 bits per heavy atom. The summed E-state index contributed by atoms with van der Waals surface area (Å²) in [6.07, 6.45) is 2.08. The molecule has 0 aromatic heterocycles. The molecule has 0 aliphatic carbocycles. The molecule has 0 bridgehead atoms. The summed E-state index contributed by atoms with van der Waals surface area (Å²) >= 11 is 0. The fraction of sp³-hybridized carbons (Fsp3) is 0.500. The van der Waals surface area contributed by atoms with Crippen molar-refractivity contribution in [3.05, 3.63) is 35.6 Å². The number of nitrogens with one attached hydrogen (secondary N) is 2. The van der Waals surface area contributed by atoms with E-state index in [4.69, 9.17) is 0 Å². The fourth-order valence-corrected chi connectivity index (χ4v) is 2.02. The maximum atomic E-state index is 13.6. The van der Waals surface area contributed by atoms with E-state index in [0.717, 1.165) is 38.0 Å². The van der Waals surface area contributed by atoms with E-state index >= 15 is 0 Å². The highest BCUT2D eigenvalue weighted by Gasteiger charge is 2.15. The quantitative estimate of drug-likeness (QED) is 0.736. The van der Waals surface area contributed by atoms with E-state index in [1.54, 1.807) is 6.07 Å². The van der Waals surface area contributed by atoms with Crippen LogP contribution in [0.25, 0.3) is 0 Å². The minimum Gasteiger partial charge on any atom is -0.315 e. The Bertz CT molecular complexity index is 306. The Hall–Kier alpha value is -0.930. The summed E-state index contributed by atoms with van der Waals surface area (Å²) in [7, 11) is 0. The second kappa shape index (κ2) is 5.24. The first-order valence-corrected chi connectivity index (χ1v) is 5.56. The second-order valence-electron chi connectivity index (χ2n) is 3.92. The SMILES string of the molecule is Fc1ccccc1C1CCCNCCN1. The fourth-order valence-electron chi connectivity index (χ4n) is 2.02. The van der Waals surface area contributed by atoms with Crippen LogP contribution in [-0.4, -0.2) is 19.6 Å².